The van der Waals surface area contributed by atoms with Crippen LogP contribution in [0.5, 0.6) is 0 Å². The molecule has 2 saturated heterocycles. The summed E-state index contributed by atoms with van der Waals surface area (Å²) in [6.45, 7) is 4.60. The lowest BCUT2D eigenvalue weighted by Gasteiger charge is -2.36. The van der Waals surface area contributed by atoms with Gasteiger partial charge < -0.3 is 10.1 Å². The van der Waals surface area contributed by atoms with Crippen molar-refractivity contribution in [1.29, 1.82) is 0 Å². The van der Waals surface area contributed by atoms with E-state index in [-0.39, 0.29) is 36.5 Å². The number of hydrogen-bond acceptors (Lipinski definition) is 6. The van der Waals surface area contributed by atoms with Crippen molar-refractivity contribution >= 4 is 23.8 Å². The Morgan fingerprint density at radius 2 is 1.89 bits per heavy atom. The van der Waals surface area contributed by atoms with Crippen LogP contribution in [-0.4, -0.2) is 48.2 Å². The fraction of sp³-hybridized carbons (Fsp3) is 0.840. The summed E-state index contributed by atoms with van der Waals surface area (Å²) in [4.78, 5) is 53.9. The predicted molar refractivity (Wildman–Crippen MR) is 128 cm³/mol. The van der Waals surface area contributed by atoms with Crippen LogP contribution in [0.1, 0.15) is 90.9 Å². The maximum Gasteiger partial charge on any atom is 0.343 e. The lowest BCUT2D eigenvalue weighted by atomic mass is 9.76. The van der Waals surface area contributed by atoms with Crippen LogP contribution in [0.3, 0.4) is 0 Å². The average Bonchev–Trinajstić information content (AvgIpc) is 3.17. The number of carbonyl (C=O) groups is 4. The summed E-state index contributed by atoms with van der Waals surface area (Å²) >= 11 is 0. The summed E-state index contributed by atoms with van der Waals surface area (Å²) in [5.74, 6) is 0.272. The lowest BCUT2D eigenvalue weighted by molar-refractivity contribution is -0.212. The summed E-state index contributed by atoms with van der Waals surface area (Å²) in [6, 6.07) is -0.615. The molecule has 1 saturated carbocycles. The normalized spacial score (nSPS) is 24.4. The maximum absolute atomic E-state index is 12.7. The van der Waals surface area contributed by atoms with Gasteiger partial charge in [0.2, 0.25) is 11.8 Å². The van der Waals surface area contributed by atoms with E-state index in [1.807, 2.05) is 13.8 Å². The number of carbonyl (C=O) groups excluding carboxylic acids is 4. The van der Waals surface area contributed by atoms with E-state index in [9.17, 15) is 19.2 Å². The molecule has 3 fully saturated rings. The third-order valence-corrected chi connectivity index (χ3v) is 7.31. The molecule has 2 heterocycles. The number of rotatable bonds is 12. The van der Waals surface area contributed by atoms with Gasteiger partial charge in [-0.3, -0.25) is 19.8 Å². The SMILES string of the molecule is CC(C)C[C@@H](CCCCC(=O)NOC1C[C@@H](C2CCCCC2)CCO1)C(=O)NN1C(=O)CNC1=O. The molecule has 3 rings (SSSR count). The quantitative estimate of drug-likeness (QED) is 0.217. The number of nitrogens with zero attached hydrogens (tertiary/aromatic N) is 1. The molecule has 2 aliphatic heterocycles. The standard InChI is InChI=1S/C25H42N4O6/c1-17(2)14-20(24(32)27-29-22(31)16-26-25(29)33)10-6-7-11-21(30)28-35-23-15-19(12-13-34-23)18-8-4-3-5-9-18/h17-20,23H,3-16H2,1-2H3,(H,26,33)(H,27,32)(H,28,30)/t19-,20+,23?/m0/s1. The van der Waals surface area contributed by atoms with Gasteiger partial charge in [-0.05, 0) is 43.4 Å². The second-order valence-electron chi connectivity index (χ2n) is 10.6. The van der Waals surface area contributed by atoms with Gasteiger partial charge in [-0.15, -0.1) is 0 Å². The number of hydrazine groups is 1. The van der Waals surface area contributed by atoms with E-state index < -0.39 is 11.9 Å². The Morgan fingerprint density at radius 1 is 1.11 bits per heavy atom. The van der Waals surface area contributed by atoms with Crippen molar-refractivity contribution in [2.45, 2.75) is 97.2 Å². The van der Waals surface area contributed by atoms with Crippen molar-refractivity contribution in [2.75, 3.05) is 13.2 Å². The fourth-order valence-electron chi connectivity index (χ4n) is 5.42. The van der Waals surface area contributed by atoms with Crippen LogP contribution in [0.2, 0.25) is 0 Å². The van der Waals surface area contributed by atoms with E-state index in [2.05, 4.69) is 16.2 Å². The van der Waals surface area contributed by atoms with Crippen molar-refractivity contribution in [3.63, 3.8) is 0 Å². The third-order valence-electron chi connectivity index (χ3n) is 7.31. The average molecular weight is 495 g/mol. The number of nitrogens with one attached hydrogen (secondary N) is 3. The van der Waals surface area contributed by atoms with Gasteiger partial charge in [-0.2, -0.15) is 5.01 Å². The molecule has 3 aliphatic rings. The predicted octanol–water partition coefficient (Wildman–Crippen LogP) is 3.17. The molecule has 3 atom stereocenters. The highest BCUT2D eigenvalue weighted by Crippen LogP contribution is 2.36. The Hall–Kier alpha value is -2.20. The first kappa shape index (κ1) is 27.4. The van der Waals surface area contributed by atoms with Gasteiger partial charge in [0, 0.05) is 18.8 Å². The van der Waals surface area contributed by atoms with Gasteiger partial charge in [0.05, 0.1) is 6.61 Å². The smallest absolute Gasteiger partial charge is 0.343 e. The van der Waals surface area contributed by atoms with Gasteiger partial charge in [-0.25, -0.2) is 15.1 Å². The molecule has 1 aliphatic carbocycles. The highest BCUT2D eigenvalue weighted by molar-refractivity contribution is 6.03. The minimum absolute atomic E-state index is 0.113. The highest BCUT2D eigenvalue weighted by Gasteiger charge is 2.33. The summed E-state index contributed by atoms with van der Waals surface area (Å²) in [5, 5.41) is 3.12. The van der Waals surface area contributed by atoms with Crippen LogP contribution >= 0.6 is 0 Å². The van der Waals surface area contributed by atoms with Crippen LogP contribution in [0.4, 0.5) is 4.79 Å². The Balaban J connectivity index is 1.34. The van der Waals surface area contributed by atoms with Gasteiger partial charge in [0.1, 0.15) is 6.54 Å². The van der Waals surface area contributed by atoms with E-state index in [1.54, 1.807) is 0 Å². The van der Waals surface area contributed by atoms with Gasteiger partial charge in [0.25, 0.3) is 5.91 Å². The molecule has 0 spiro atoms. The van der Waals surface area contributed by atoms with Crippen LogP contribution < -0.4 is 16.2 Å². The molecule has 35 heavy (non-hydrogen) atoms. The Labute approximate surface area is 208 Å². The fourth-order valence-corrected chi connectivity index (χ4v) is 5.42. The summed E-state index contributed by atoms with van der Waals surface area (Å²) in [7, 11) is 0. The Morgan fingerprint density at radius 3 is 2.57 bits per heavy atom. The summed E-state index contributed by atoms with van der Waals surface area (Å²) < 4.78 is 5.70. The second kappa shape index (κ2) is 13.8. The number of hydroxylamine groups is 1. The van der Waals surface area contributed by atoms with E-state index >= 15 is 0 Å². The van der Waals surface area contributed by atoms with E-state index in [4.69, 9.17) is 9.57 Å². The molecule has 5 amide bonds. The maximum atomic E-state index is 12.7. The minimum Gasteiger partial charge on any atom is -0.350 e. The first-order chi connectivity index (χ1) is 16.8. The zero-order chi connectivity index (χ0) is 25.2. The number of hydrogen-bond donors (Lipinski definition) is 3. The molecule has 0 aromatic carbocycles. The molecule has 10 nitrogen and oxygen atoms in total. The summed E-state index contributed by atoms with van der Waals surface area (Å²) in [6.07, 6.45) is 10.8. The zero-order valence-electron chi connectivity index (χ0n) is 21.2. The van der Waals surface area contributed by atoms with E-state index in [0.717, 1.165) is 23.8 Å². The van der Waals surface area contributed by atoms with Gasteiger partial charge >= 0.3 is 6.03 Å². The molecule has 0 radical (unpaired) electrons. The van der Waals surface area contributed by atoms with Gasteiger partial charge in [0.15, 0.2) is 6.29 Å². The first-order valence-electron chi connectivity index (χ1n) is 13.3. The lowest BCUT2D eigenvalue weighted by Crippen LogP contribution is -2.48. The molecule has 1 unspecified atom stereocenters. The first-order valence-corrected chi connectivity index (χ1v) is 13.3. The van der Waals surface area contributed by atoms with Crippen molar-refractivity contribution in [3.05, 3.63) is 0 Å². The van der Waals surface area contributed by atoms with E-state index in [0.29, 0.717) is 44.6 Å². The van der Waals surface area contributed by atoms with Gasteiger partial charge in [-0.1, -0.05) is 52.4 Å². The van der Waals surface area contributed by atoms with Crippen LogP contribution in [0.25, 0.3) is 0 Å². The van der Waals surface area contributed by atoms with Crippen molar-refractivity contribution in [1.82, 2.24) is 21.2 Å². The van der Waals surface area contributed by atoms with Crippen LogP contribution in [0, 0.1) is 23.7 Å². The molecular formula is C25H42N4O6. The molecule has 0 bridgehead atoms. The third kappa shape index (κ3) is 8.75. The molecular weight excluding hydrogens is 452 g/mol. The number of urea groups is 1. The van der Waals surface area contributed by atoms with Crippen molar-refractivity contribution in [3.8, 4) is 0 Å². The topological polar surface area (TPSA) is 126 Å². The number of unbranched alkanes of at least 4 members (excludes halogenated alkanes) is 1. The zero-order valence-corrected chi connectivity index (χ0v) is 21.2. The minimum atomic E-state index is -0.615. The Bertz CT molecular complexity index is 723. The number of amides is 5. The largest absolute Gasteiger partial charge is 0.350 e. The van der Waals surface area contributed by atoms with Crippen LogP contribution in [0.15, 0.2) is 0 Å². The van der Waals surface area contributed by atoms with E-state index in [1.165, 1.54) is 32.1 Å². The number of imide groups is 1. The number of ether oxygens (including phenoxy) is 1. The molecule has 10 heteroatoms. The second-order valence-corrected chi connectivity index (χ2v) is 10.6. The highest BCUT2D eigenvalue weighted by atomic mass is 16.8. The van der Waals surface area contributed by atoms with Crippen LogP contribution in [-0.2, 0) is 24.0 Å². The monoisotopic (exact) mass is 494 g/mol. The molecule has 0 aromatic heterocycles. The molecule has 0 aromatic rings. The summed E-state index contributed by atoms with van der Waals surface area (Å²) in [5.41, 5.74) is 4.98. The molecule has 198 valence electrons. The Kier molecular flexibility index (Phi) is 10.8. The van der Waals surface area contributed by atoms with Crippen molar-refractivity contribution in [2.24, 2.45) is 23.7 Å². The van der Waals surface area contributed by atoms with Crippen molar-refractivity contribution < 1.29 is 28.8 Å². The molecule has 3 N–H and O–H groups in total.